The highest BCUT2D eigenvalue weighted by Gasteiger charge is 2.44. The van der Waals surface area contributed by atoms with E-state index >= 15 is 0 Å². The first-order chi connectivity index (χ1) is 15.7. The van der Waals surface area contributed by atoms with Gasteiger partial charge in [-0.25, -0.2) is 15.0 Å². The lowest BCUT2D eigenvalue weighted by Crippen LogP contribution is -2.49. The molecule has 0 spiro atoms. The molecule has 5 rings (SSSR count). The number of aliphatic hydroxyl groups is 1. The van der Waals surface area contributed by atoms with Crippen LogP contribution in [0, 0.1) is 0 Å². The van der Waals surface area contributed by atoms with Crippen molar-refractivity contribution in [2.45, 2.75) is 44.8 Å². The molecule has 2 fully saturated rings. The Bertz CT molecular complexity index is 1000. The van der Waals surface area contributed by atoms with Crippen LogP contribution in [0.15, 0.2) is 12.4 Å². The second-order valence-electron chi connectivity index (χ2n) is 10.3. The third-order valence-electron chi connectivity index (χ3n) is 6.85. The summed E-state index contributed by atoms with van der Waals surface area (Å²) in [5.41, 5.74) is 7.87. The van der Waals surface area contributed by atoms with E-state index in [4.69, 9.17) is 20.4 Å². The SMILES string of the molecule is CC(C)(O)CN1CC[C@](C)(N2CCc3c(-c4cnc(N)nc4)nc(N4CCOCC4)nc32)C1. The lowest BCUT2D eigenvalue weighted by Gasteiger charge is -2.38. The molecule has 0 radical (unpaired) electrons. The van der Waals surface area contributed by atoms with Crippen molar-refractivity contribution in [1.82, 2.24) is 24.8 Å². The molecule has 3 N–H and O–H groups in total. The van der Waals surface area contributed by atoms with Gasteiger partial charge in [-0.1, -0.05) is 0 Å². The molecule has 178 valence electrons. The fourth-order valence-electron chi connectivity index (χ4n) is 5.31. The Balaban J connectivity index is 1.52. The van der Waals surface area contributed by atoms with Crippen molar-refractivity contribution < 1.29 is 9.84 Å². The smallest absolute Gasteiger partial charge is 0.228 e. The van der Waals surface area contributed by atoms with E-state index in [2.05, 4.69) is 31.6 Å². The highest BCUT2D eigenvalue weighted by Crippen LogP contribution is 2.41. The minimum Gasteiger partial charge on any atom is -0.389 e. The van der Waals surface area contributed by atoms with Gasteiger partial charge >= 0.3 is 0 Å². The molecule has 3 aliphatic rings. The number of likely N-dealkylation sites (tertiary alicyclic amines) is 1. The van der Waals surface area contributed by atoms with Crippen LogP contribution in [0.3, 0.4) is 0 Å². The molecule has 1 atom stereocenters. The van der Waals surface area contributed by atoms with Gasteiger partial charge < -0.3 is 25.4 Å². The van der Waals surface area contributed by atoms with Crippen molar-refractivity contribution in [3.05, 3.63) is 18.0 Å². The monoisotopic (exact) mass is 454 g/mol. The minimum atomic E-state index is -0.706. The number of nitrogens with two attached hydrogens (primary N) is 1. The van der Waals surface area contributed by atoms with Crippen molar-refractivity contribution in [1.29, 1.82) is 0 Å². The van der Waals surface area contributed by atoms with Crippen molar-refractivity contribution in [3.8, 4) is 11.3 Å². The maximum absolute atomic E-state index is 10.3. The Labute approximate surface area is 194 Å². The number of nitrogens with zero attached hydrogens (tertiary/aromatic N) is 7. The zero-order valence-corrected chi connectivity index (χ0v) is 19.8. The summed E-state index contributed by atoms with van der Waals surface area (Å²) in [6.45, 7) is 12.4. The molecule has 0 aromatic carbocycles. The fraction of sp³-hybridized carbons (Fsp3) is 0.652. The second-order valence-corrected chi connectivity index (χ2v) is 10.3. The first kappa shape index (κ1) is 22.2. The Morgan fingerprint density at radius 1 is 1.12 bits per heavy atom. The van der Waals surface area contributed by atoms with E-state index in [1.54, 1.807) is 12.4 Å². The van der Waals surface area contributed by atoms with Crippen molar-refractivity contribution in [2.24, 2.45) is 0 Å². The standard InChI is InChI=1S/C23H34N8O2/c1-22(2,32)14-29-7-5-23(3,15-29)31-6-4-17-18(16-12-25-20(24)26-13-16)27-21(28-19(17)31)30-8-10-33-11-9-30/h12-13,32H,4-11,14-15H2,1-3H3,(H2,24,25,26)/t23-/m0/s1. The number of β-amino-alcohol motifs (C(OH)–C–C–N with tert-alkyl or cyclic N) is 1. The number of ether oxygens (including phenoxy) is 1. The molecule has 0 bridgehead atoms. The lowest BCUT2D eigenvalue weighted by atomic mass is 9.99. The zero-order chi connectivity index (χ0) is 23.2. The van der Waals surface area contributed by atoms with Crippen LogP contribution in [0.1, 0.15) is 32.8 Å². The average Bonchev–Trinajstić information content (AvgIpc) is 3.37. The van der Waals surface area contributed by atoms with Gasteiger partial charge in [0.05, 0.1) is 30.0 Å². The molecule has 0 aliphatic carbocycles. The molecular weight excluding hydrogens is 420 g/mol. The molecule has 0 saturated carbocycles. The van der Waals surface area contributed by atoms with Gasteiger partial charge in [0.1, 0.15) is 5.82 Å². The Morgan fingerprint density at radius 2 is 1.85 bits per heavy atom. The van der Waals surface area contributed by atoms with Crippen molar-refractivity contribution >= 4 is 17.7 Å². The number of hydrogen-bond donors (Lipinski definition) is 2. The summed E-state index contributed by atoms with van der Waals surface area (Å²) in [5, 5.41) is 10.3. The van der Waals surface area contributed by atoms with Gasteiger partial charge in [-0.05, 0) is 33.6 Å². The minimum absolute atomic E-state index is 0.0536. The Morgan fingerprint density at radius 3 is 2.55 bits per heavy atom. The normalized spacial score (nSPS) is 23.9. The van der Waals surface area contributed by atoms with Gasteiger partial charge in [0.2, 0.25) is 11.9 Å². The third-order valence-corrected chi connectivity index (χ3v) is 6.85. The van der Waals surface area contributed by atoms with Gasteiger partial charge in [-0.3, -0.25) is 4.90 Å². The number of aromatic nitrogens is 4. The number of rotatable bonds is 5. The number of fused-ring (bicyclic) bond motifs is 1. The lowest BCUT2D eigenvalue weighted by molar-refractivity contribution is 0.0424. The van der Waals surface area contributed by atoms with Crippen LogP contribution in [0.2, 0.25) is 0 Å². The third kappa shape index (κ3) is 4.47. The highest BCUT2D eigenvalue weighted by molar-refractivity contribution is 5.73. The Kier molecular flexibility index (Phi) is 5.62. The molecule has 33 heavy (non-hydrogen) atoms. The van der Waals surface area contributed by atoms with E-state index in [-0.39, 0.29) is 11.5 Å². The van der Waals surface area contributed by atoms with E-state index in [1.165, 1.54) is 0 Å². The predicted octanol–water partition coefficient (Wildman–Crippen LogP) is 0.950. The van der Waals surface area contributed by atoms with E-state index in [0.29, 0.717) is 19.8 Å². The van der Waals surface area contributed by atoms with E-state index < -0.39 is 5.60 Å². The van der Waals surface area contributed by atoms with E-state index in [9.17, 15) is 5.11 Å². The van der Waals surface area contributed by atoms with Gasteiger partial charge in [0.15, 0.2) is 0 Å². The Hall–Kier alpha value is -2.56. The summed E-state index contributed by atoms with van der Waals surface area (Å²) in [7, 11) is 0. The summed E-state index contributed by atoms with van der Waals surface area (Å²) in [4.78, 5) is 25.5. The first-order valence-electron chi connectivity index (χ1n) is 11.8. The van der Waals surface area contributed by atoms with E-state index in [1.807, 2.05) is 13.8 Å². The largest absolute Gasteiger partial charge is 0.389 e. The zero-order valence-electron chi connectivity index (χ0n) is 19.8. The fourth-order valence-corrected chi connectivity index (χ4v) is 5.31. The number of anilines is 3. The molecule has 3 aliphatic heterocycles. The molecule has 2 aromatic rings. The van der Waals surface area contributed by atoms with Crippen LogP contribution < -0.4 is 15.5 Å². The topological polar surface area (TPSA) is 117 Å². The molecule has 5 heterocycles. The van der Waals surface area contributed by atoms with Crippen molar-refractivity contribution in [3.63, 3.8) is 0 Å². The molecule has 2 saturated heterocycles. The van der Waals surface area contributed by atoms with Crippen LogP contribution in [-0.4, -0.2) is 93.6 Å². The van der Waals surface area contributed by atoms with E-state index in [0.717, 1.165) is 74.2 Å². The number of morpholine rings is 1. The molecule has 0 amide bonds. The predicted molar refractivity (Wildman–Crippen MR) is 127 cm³/mol. The van der Waals surface area contributed by atoms with Gasteiger partial charge in [-0.2, -0.15) is 4.98 Å². The molecular formula is C23H34N8O2. The number of nitrogen functional groups attached to an aromatic ring is 1. The average molecular weight is 455 g/mol. The van der Waals surface area contributed by atoms with Crippen LogP contribution >= 0.6 is 0 Å². The van der Waals surface area contributed by atoms with Gasteiger partial charge in [-0.15, -0.1) is 0 Å². The molecule has 10 heteroatoms. The summed E-state index contributed by atoms with van der Waals surface area (Å²) < 4.78 is 5.54. The number of hydrogen-bond acceptors (Lipinski definition) is 10. The maximum atomic E-state index is 10.3. The van der Waals surface area contributed by atoms with Crippen LogP contribution in [-0.2, 0) is 11.2 Å². The molecule has 2 aromatic heterocycles. The van der Waals surface area contributed by atoms with Crippen molar-refractivity contribution in [2.75, 3.05) is 68.0 Å². The molecule has 0 unspecified atom stereocenters. The van der Waals surface area contributed by atoms with Gasteiger partial charge in [0, 0.05) is 62.8 Å². The quantitative estimate of drug-likeness (QED) is 0.676. The first-order valence-corrected chi connectivity index (χ1v) is 11.8. The summed E-state index contributed by atoms with van der Waals surface area (Å²) in [6, 6.07) is 0. The maximum Gasteiger partial charge on any atom is 0.228 e. The van der Waals surface area contributed by atoms with Gasteiger partial charge in [0.25, 0.3) is 0 Å². The van der Waals surface area contributed by atoms with Crippen LogP contribution in [0.4, 0.5) is 17.7 Å². The molecule has 10 nitrogen and oxygen atoms in total. The summed E-state index contributed by atoms with van der Waals surface area (Å²) in [6.07, 6.45) is 5.40. The highest BCUT2D eigenvalue weighted by atomic mass is 16.5. The summed E-state index contributed by atoms with van der Waals surface area (Å²) >= 11 is 0. The van der Waals surface area contributed by atoms with Crippen LogP contribution in [0.25, 0.3) is 11.3 Å². The second kappa shape index (κ2) is 8.34. The van der Waals surface area contributed by atoms with Crippen LogP contribution in [0.5, 0.6) is 0 Å². The summed E-state index contributed by atoms with van der Waals surface area (Å²) in [5.74, 6) is 1.99.